The number of hydrogen-bond donors (Lipinski definition) is 0. The SMILES string of the molecule is CC[Si](OC)(OC)c1c(F)c(F)c(F)c(F)c1F. The molecule has 0 fully saturated rings. The largest absolute Gasteiger partial charge is 0.394 e. The summed E-state index contributed by atoms with van der Waals surface area (Å²) < 4.78 is 76.1. The van der Waals surface area contributed by atoms with Crippen LogP contribution >= 0.6 is 0 Å². The average Bonchev–Trinajstić information content (AvgIpc) is 2.39. The van der Waals surface area contributed by atoms with E-state index < -0.39 is 42.8 Å². The normalized spacial score (nSPS) is 12.0. The van der Waals surface area contributed by atoms with Gasteiger partial charge in [0.2, 0.25) is 5.82 Å². The molecular weight excluding hydrogens is 275 g/mol. The molecular formula is C10H11F5O2Si. The van der Waals surface area contributed by atoms with E-state index in [0.717, 1.165) is 14.2 Å². The van der Waals surface area contributed by atoms with Gasteiger partial charge in [0.05, 0.1) is 5.19 Å². The van der Waals surface area contributed by atoms with Crippen molar-refractivity contribution in [3.05, 3.63) is 29.1 Å². The summed E-state index contributed by atoms with van der Waals surface area (Å²) in [5, 5.41) is -0.994. The van der Waals surface area contributed by atoms with Gasteiger partial charge >= 0.3 is 8.56 Å². The summed E-state index contributed by atoms with van der Waals surface area (Å²) in [6.07, 6.45) is 0. The van der Waals surface area contributed by atoms with Crippen LogP contribution < -0.4 is 5.19 Å². The van der Waals surface area contributed by atoms with E-state index in [0.29, 0.717) is 0 Å². The molecule has 0 spiro atoms. The van der Waals surface area contributed by atoms with Crippen molar-refractivity contribution in [2.75, 3.05) is 14.2 Å². The summed E-state index contributed by atoms with van der Waals surface area (Å²) in [5.74, 6) is -9.99. The van der Waals surface area contributed by atoms with Gasteiger partial charge in [-0.1, -0.05) is 6.92 Å². The van der Waals surface area contributed by atoms with E-state index in [4.69, 9.17) is 8.85 Å². The summed E-state index contributed by atoms with van der Waals surface area (Å²) in [6.45, 7) is 1.48. The van der Waals surface area contributed by atoms with Crippen LogP contribution in [0.25, 0.3) is 0 Å². The maximum atomic E-state index is 13.6. The van der Waals surface area contributed by atoms with Crippen molar-refractivity contribution in [2.45, 2.75) is 13.0 Å². The fraction of sp³-hybridized carbons (Fsp3) is 0.400. The lowest BCUT2D eigenvalue weighted by Gasteiger charge is -2.27. The van der Waals surface area contributed by atoms with Crippen LogP contribution in [0, 0.1) is 29.1 Å². The van der Waals surface area contributed by atoms with E-state index in [1.807, 2.05) is 0 Å². The van der Waals surface area contributed by atoms with Gasteiger partial charge in [0.15, 0.2) is 23.3 Å². The molecule has 0 saturated heterocycles. The van der Waals surface area contributed by atoms with Crippen LogP contribution in [0.3, 0.4) is 0 Å². The van der Waals surface area contributed by atoms with Gasteiger partial charge < -0.3 is 8.85 Å². The molecule has 0 bridgehead atoms. The molecule has 0 amide bonds. The molecule has 1 aromatic rings. The lowest BCUT2D eigenvalue weighted by Crippen LogP contribution is -2.55. The minimum atomic E-state index is -3.66. The van der Waals surface area contributed by atoms with Crippen molar-refractivity contribution < 1.29 is 30.8 Å². The second-order valence-corrected chi connectivity index (χ2v) is 6.99. The van der Waals surface area contributed by atoms with Gasteiger partial charge in [-0.2, -0.15) is 0 Å². The molecule has 0 radical (unpaired) electrons. The van der Waals surface area contributed by atoms with Gasteiger partial charge in [-0.25, -0.2) is 22.0 Å². The van der Waals surface area contributed by atoms with Crippen molar-refractivity contribution in [1.82, 2.24) is 0 Å². The maximum Gasteiger partial charge on any atom is 0.377 e. The monoisotopic (exact) mass is 286 g/mol. The maximum absolute atomic E-state index is 13.6. The Bertz CT molecular complexity index is 425. The Labute approximate surface area is 102 Å². The quantitative estimate of drug-likeness (QED) is 0.366. The Morgan fingerprint density at radius 2 is 1.11 bits per heavy atom. The lowest BCUT2D eigenvalue weighted by atomic mass is 10.3. The second kappa shape index (κ2) is 5.33. The van der Waals surface area contributed by atoms with Crippen LogP contribution in [0.4, 0.5) is 22.0 Å². The molecule has 0 aromatic heterocycles. The minimum absolute atomic E-state index is 0.00163. The molecule has 0 heterocycles. The predicted molar refractivity (Wildman–Crippen MR) is 56.1 cm³/mol. The molecule has 18 heavy (non-hydrogen) atoms. The summed E-state index contributed by atoms with van der Waals surface area (Å²) in [7, 11) is -1.45. The third kappa shape index (κ3) is 2.04. The molecule has 102 valence electrons. The highest BCUT2D eigenvalue weighted by atomic mass is 28.4. The number of halogens is 5. The van der Waals surface area contributed by atoms with Gasteiger partial charge in [-0.3, -0.25) is 0 Å². The van der Waals surface area contributed by atoms with Crippen LogP contribution in [0.5, 0.6) is 0 Å². The van der Waals surface area contributed by atoms with Gasteiger partial charge in [-0.15, -0.1) is 0 Å². The number of rotatable bonds is 4. The number of benzene rings is 1. The van der Waals surface area contributed by atoms with E-state index in [2.05, 4.69) is 0 Å². The minimum Gasteiger partial charge on any atom is -0.394 e. The Kier molecular flexibility index (Phi) is 4.46. The average molecular weight is 286 g/mol. The van der Waals surface area contributed by atoms with Crippen LogP contribution in [0.15, 0.2) is 0 Å². The third-order valence-electron chi connectivity index (χ3n) is 2.72. The van der Waals surface area contributed by atoms with E-state index in [1.165, 1.54) is 6.92 Å². The highest BCUT2D eigenvalue weighted by Crippen LogP contribution is 2.22. The fourth-order valence-corrected chi connectivity index (χ4v) is 4.09. The highest BCUT2D eigenvalue weighted by molar-refractivity contribution is 6.81. The predicted octanol–water partition coefficient (Wildman–Crippen LogP) is 2.34. The lowest BCUT2D eigenvalue weighted by molar-refractivity contribution is 0.254. The molecule has 0 atom stereocenters. The Morgan fingerprint density at radius 3 is 1.39 bits per heavy atom. The standard InChI is InChI=1S/C10H11F5O2Si/c1-4-18(16-2,17-3)10-8(14)6(12)5(11)7(13)9(10)15/h4H2,1-3H3. The molecule has 0 unspecified atom stereocenters. The zero-order valence-electron chi connectivity index (χ0n) is 9.91. The van der Waals surface area contributed by atoms with Crippen LogP contribution in [0.2, 0.25) is 6.04 Å². The number of hydrogen-bond acceptors (Lipinski definition) is 2. The first-order chi connectivity index (χ1) is 8.36. The first-order valence-corrected chi connectivity index (χ1v) is 7.00. The van der Waals surface area contributed by atoms with Gasteiger partial charge in [0, 0.05) is 14.2 Å². The van der Waals surface area contributed by atoms with Crippen molar-refractivity contribution in [3.8, 4) is 0 Å². The van der Waals surface area contributed by atoms with E-state index >= 15 is 0 Å². The van der Waals surface area contributed by atoms with Crippen LogP contribution in [-0.2, 0) is 8.85 Å². The van der Waals surface area contributed by atoms with Crippen molar-refractivity contribution in [2.24, 2.45) is 0 Å². The first-order valence-electron chi connectivity index (χ1n) is 4.98. The molecule has 8 heteroatoms. The molecule has 0 aliphatic carbocycles. The van der Waals surface area contributed by atoms with E-state index in [-0.39, 0.29) is 6.04 Å². The molecule has 0 N–H and O–H groups in total. The molecule has 0 saturated carbocycles. The topological polar surface area (TPSA) is 18.5 Å². The van der Waals surface area contributed by atoms with Crippen molar-refractivity contribution in [1.29, 1.82) is 0 Å². The Balaban J connectivity index is 3.69. The summed E-state index contributed by atoms with van der Waals surface area (Å²) >= 11 is 0. The zero-order valence-corrected chi connectivity index (χ0v) is 10.9. The molecule has 0 aliphatic rings. The van der Waals surface area contributed by atoms with Gasteiger partial charge in [0.1, 0.15) is 0 Å². The van der Waals surface area contributed by atoms with E-state index in [1.54, 1.807) is 0 Å². The van der Waals surface area contributed by atoms with Crippen LogP contribution in [-0.4, -0.2) is 22.8 Å². The smallest absolute Gasteiger partial charge is 0.377 e. The Hall–Kier alpha value is -0.993. The van der Waals surface area contributed by atoms with Gasteiger partial charge in [0.25, 0.3) is 0 Å². The Morgan fingerprint density at radius 1 is 0.778 bits per heavy atom. The van der Waals surface area contributed by atoms with Gasteiger partial charge in [-0.05, 0) is 6.04 Å². The summed E-state index contributed by atoms with van der Waals surface area (Å²) in [6, 6.07) is -0.00163. The van der Waals surface area contributed by atoms with Crippen molar-refractivity contribution in [3.63, 3.8) is 0 Å². The molecule has 1 aromatic carbocycles. The van der Waals surface area contributed by atoms with E-state index in [9.17, 15) is 22.0 Å². The highest BCUT2D eigenvalue weighted by Gasteiger charge is 2.45. The third-order valence-corrected chi connectivity index (χ3v) is 6.17. The fourth-order valence-electron chi connectivity index (χ4n) is 1.69. The van der Waals surface area contributed by atoms with Crippen molar-refractivity contribution >= 4 is 13.7 Å². The molecule has 1 rings (SSSR count). The van der Waals surface area contributed by atoms with Crippen LogP contribution in [0.1, 0.15) is 6.92 Å². The molecule has 2 nitrogen and oxygen atoms in total. The first kappa shape index (κ1) is 15.1. The zero-order chi connectivity index (χ0) is 14.1. The summed E-state index contributed by atoms with van der Waals surface area (Å²) in [4.78, 5) is 0. The second-order valence-electron chi connectivity index (χ2n) is 3.46. The molecule has 0 aliphatic heterocycles. The summed E-state index contributed by atoms with van der Waals surface area (Å²) in [5.41, 5.74) is 0.